The van der Waals surface area contributed by atoms with Gasteiger partial charge in [-0.15, -0.1) is 11.3 Å². The van der Waals surface area contributed by atoms with Crippen LogP contribution in [-0.2, 0) is 0 Å². The predicted molar refractivity (Wildman–Crippen MR) is 209 cm³/mol. The standard InChI is InChI=1S/C45H25N3O2S/c1-2-10-26(11-3-1)43-46-44(27-21-23-39-36(24-27)30-13-5-6-18-37(30)49-39)48-45(47-43)28-20-22-31-34-16-9-17-35(42(34)51-40(31)25-28)33-15-8-14-32-29-12-4-7-19-38(29)50-41(32)33/h1-25H/i9D,16D,17D,20D,22D,25D. The fourth-order valence-corrected chi connectivity index (χ4v) is 7.99. The molecule has 0 amide bonds. The molecule has 0 aliphatic carbocycles. The minimum atomic E-state index is -0.316. The molecule has 0 N–H and O–H groups in total. The largest absolute Gasteiger partial charge is 0.456 e. The Hall–Kier alpha value is -6.63. The maximum absolute atomic E-state index is 9.65. The second-order valence-electron chi connectivity index (χ2n) is 12.3. The van der Waals surface area contributed by atoms with Gasteiger partial charge in [0.05, 0.1) is 8.22 Å². The number of fused-ring (bicyclic) bond motifs is 9. The molecule has 11 rings (SSSR count). The third kappa shape index (κ3) is 4.43. The molecule has 0 radical (unpaired) electrons. The van der Waals surface area contributed by atoms with Gasteiger partial charge in [-0.25, -0.2) is 15.0 Å². The van der Waals surface area contributed by atoms with Gasteiger partial charge in [0.2, 0.25) is 0 Å². The first-order valence-electron chi connectivity index (χ1n) is 19.4. The summed E-state index contributed by atoms with van der Waals surface area (Å²) < 4.78 is 68.8. The van der Waals surface area contributed by atoms with E-state index in [1.807, 2.05) is 115 Å². The highest BCUT2D eigenvalue weighted by Crippen LogP contribution is 2.44. The number of para-hydroxylation sites is 3. The second-order valence-corrected chi connectivity index (χ2v) is 13.3. The van der Waals surface area contributed by atoms with E-state index in [0.29, 0.717) is 60.1 Å². The number of thiophene rings is 1. The van der Waals surface area contributed by atoms with Gasteiger partial charge in [0.1, 0.15) is 22.3 Å². The minimum absolute atomic E-state index is 0.0411. The first-order chi connectivity index (χ1) is 27.8. The van der Waals surface area contributed by atoms with Crippen molar-refractivity contribution >= 4 is 75.4 Å². The van der Waals surface area contributed by atoms with Gasteiger partial charge in [-0.1, -0.05) is 115 Å². The highest BCUT2D eigenvalue weighted by Gasteiger charge is 2.18. The van der Waals surface area contributed by atoms with E-state index in [1.165, 1.54) is 0 Å². The van der Waals surface area contributed by atoms with Crippen molar-refractivity contribution in [1.82, 2.24) is 15.0 Å². The summed E-state index contributed by atoms with van der Waals surface area (Å²) in [5.74, 6) is 0.710. The quantitative estimate of drug-likeness (QED) is 0.185. The third-order valence-electron chi connectivity index (χ3n) is 9.26. The summed E-state index contributed by atoms with van der Waals surface area (Å²) in [5.41, 5.74) is 5.05. The summed E-state index contributed by atoms with van der Waals surface area (Å²) in [5, 5.41) is 4.04. The van der Waals surface area contributed by atoms with Crippen LogP contribution in [0.1, 0.15) is 8.22 Å². The molecular formula is C45H25N3O2S. The number of rotatable bonds is 4. The van der Waals surface area contributed by atoms with Gasteiger partial charge in [-0.2, -0.15) is 0 Å². The van der Waals surface area contributed by atoms with Crippen molar-refractivity contribution in [2.24, 2.45) is 0 Å². The van der Waals surface area contributed by atoms with Crippen LogP contribution >= 0.6 is 11.3 Å². The first kappa shape index (κ1) is 22.9. The molecule has 5 nitrogen and oxygen atoms in total. The SMILES string of the molecule is [2H]c1c([2H])c([2H])c2c(sc3c([2H])c(-c4nc(-c5ccccc5)nc(-c5ccc6oc7ccccc7c6c5)n4)c([2H])c([2H])c32)c1-c1cccc2c1oc1ccccc12. The van der Waals surface area contributed by atoms with Crippen molar-refractivity contribution < 1.29 is 17.1 Å². The van der Waals surface area contributed by atoms with E-state index >= 15 is 0 Å². The molecular weight excluding hydrogens is 647 g/mol. The Kier molecular flexibility index (Phi) is 4.91. The van der Waals surface area contributed by atoms with Crippen molar-refractivity contribution in [2.45, 2.75) is 0 Å². The third-order valence-corrected chi connectivity index (χ3v) is 10.4. The molecule has 7 aromatic carbocycles. The molecule has 4 heterocycles. The van der Waals surface area contributed by atoms with Crippen LogP contribution in [0.4, 0.5) is 0 Å². The van der Waals surface area contributed by atoms with E-state index in [-0.39, 0.29) is 58.4 Å². The first-order valence-corrected chi connectivity index (χ1v) is 17.2. The van der Waals surface area contributed by atoms with Crippen LogP contribution in [0.2, 0.25) is 0 Å². The number of hydrogen-bond acceptors (Lipinski definition) is 6. The van der Waals surface area contributed by atoms with Crippen LogP contribution < -0.4 is 0 Å². The molecule has 0 unspecified atom stereocenters. The number of hydrogen-bond donors (Lipinski definition) is 0. The van der Waals surface area contributed by atoms with Crippen molar-refractivity contribution in [3.05, 3.63) is 152 Å². The Morgan fingerprint density at radius 2 is 1.16 bits per heavy atom. The summed E-state index contributed by atoms with van der Waals surface area (Å²) >= 11 is 1.16. The van der Waals surface area contributed by atoms with Crippen molar-refractivity contribution in [3.63, 3.8) is 0 Å². The summed E-state index contributed by atoms with van der Waals surface area (Å²) in [4.78, 5) is 14.6. The predicted octanol–water partition coefficient (Wildman–Crippen LogP) is 12.7. The molecule has 0 aliphatic rings. The number of nitrogens with zero attached hydrogens (tertiary/aromatic N) is 3. The zero-order chi connectivity index (χ0) is 38.7. The zero-order valence-electron chi connectivity index (χ0n) is 32.5. The lowest BCUT2D eigenvalue weighted by atomic mass is 10.00. The molecule has 0 atom stereocenters. The Morgan fingerprint density at radius 3 is 2.00 bits per heavy atom. The molecule has 238 valence electrons. The molecule has 0 bridgehead atoms. The topological polar surface area (TPSA) is 65.0 Å². The maximum Gasteiger partial charge on any atom is 0.164 e. The van der Waals surface area contributed by atoms with E-state index in [4.69, 9.17) is 27.9 Å². The van der Waals surface area contributed by atoms with Crippen molar-refractivity contribution in [3.8, 4) is 45.3 Å². The average molecular weight is 678 g/mol. The van der Waals surface area contributed by atoms with E-state index in [2.05, 4.69) is 0 Å². The molecule has 0 aliphatic heterocycles. The molecule has 0 fully saturated rings. The lowest BCUT2D eigenvalue weighted by Gasteiger charge is -2.08. The molecule has 0 saturated carbocycles. The molecule has 51 heavy (non-hydrogen) atoms. The Morgan fingerprint density at radius 1 is 0.471 bits per heavy atom. The molecule has 11 aromatic rings. The average Bonchev–Trinajstić information content (AvgIpc) is 3.95. The van der Waals surface area contributed by atoms with Gasteiger partial charge < -0.3 is 8.83 Å². The smallest absolute Gasteiger partial charge is 0.164 e. The van der Waals surface area contributed by atoms with Crippen LogP contribution in [-0.4, -0.2) is 15.0 Å². The molecule has 4 aromatic heterocycles. The summed E-state index contributed by atoms with van der Waals surface area (Å²) in [6.45, 7) is 0. The van der Waals surface area contributed by atoms with E-state index in [0.717, 1.165) is 38.5 Å². The lowest BCUT2D eigenvalue weighted by Crippen LogP contribution is -2.00. The highest BCUT2D eigenvalue weighted by molar-refractivity contribution is 7.26. The van der Waals surface area contributed by atoms with Crippen molar-refractivity contribution in [1.29, 1.82) is 0 Å². The van der Waals surface area contributed by atoms with Gasteiger partial charge in [0, 0.05) is 69.5 Å². The van der Waals surface area contributed by atoms with Crippen LogP contribution in [0.25, 0.3) is 109 Å². The van der Waals surface area contributed by atoms with Crippen molar-refractivity contribution in [2.75, 3.05) is 0 Å². The Balaban J connectivity index is 1.18. The van der Waals surface area contributed by atoms with Crippen LogP contribution in [0.15, 0.2) is 160 Å². The van der Waals surface area contributed by atoms with Crippen LogP contribution in [0.5, 0.6) is 0 Å². The minimum Gasteiger partial charge on any atom is -0.456 e. The summed E-state index contributed by atoms with van der Waals surface area (Å²) in [7, 11) is 0. The monoisotopic (exact) mass is 677 g/mol. The lowest BCUT2D eigenvalue weighted by molar-refractivity contribution is 0.669. The highest BCUT2D eigenvalue weighted by atomic mass is 32.1. The molecule has 0 spiro atoms. The zero-order valence-corrected chi connectivity index (χ0v) is 27.4. The normalized spacial score (nSPS) is 13.6. The van der Waals surface area contributed by atoms with Crippen LogP contribution in [0.3, 0.4) is 0 Å². The van der Waals surface area contributed by atoms with E-state index in [1.54, 1.807) is 0 Å². The Labute approximate surface area is 303 Å². The van der Waals surface area contributed by atoms with Gasteiger partial charge in [0.25, 0.3) is 0 Å². The molecule has 6 heteroatoms. The maximum atomic E-state index is 9.65. The van der Waals surface area contributed by atoms with Gasteiger partial charge in [-0.3, -0.25) is 0 Å². The fraction of sp³-hybridized carbons (Fsp3) is 0. The van der Waals surface area contributed by atoms with E-state index < -0.39 is 0 Å². The summed E-state index contributed by atoms with van der Waals surface area (Å²) in [6.07, 6.45) is 0. The number of aromatic nitrogens is 3. The fourth-order valence-electron chi connectivity index (χ4n) is 6.86. The Bertz CT molecular complexity index is 3510. The van der Waals surface area contributed by atoms with Gasteiger partial charge in [0.15, 0.2) is 17.5 Å². The summed E-state index contributed by atoms with van der Waals surface area (Å²) in [6, 6.07) is 34.9. The number of furan rings is 2. The van der Waals surface area contributed by atoms with Crippen LogP contribution in [0, 0.1) is 0 Å². The number of benzene rings is 7. The molecule has 0 saturated heterocycles. The van der Waals surface area contributed by atoms with E-state index in [9.17, 15) is 4.11 Å². The second kappa shape index (κ2) is 10.9. The van der Waals surface area contributed by atoms with Gasteiger partial charge in [-0.05, 0) is 36.4 Å². The van der Waals surface area contributed by atoms with Gasteiger partial charge >= 0.3 is 0 Å².